The summed E-state index contributed by atoms with van der Waals surface area (Å²) in [6, 6.07) is 16.6. The fourth-order valence-electron chi connectivity index (χ4n) is 2.91. The largest absolute Gasteiger partial charge is 0.321 e. The molecule has 29 heavy (non-hydrogen) atoms. The molecule has 0 radical (unpaired) electrons. The number of imidazole rings is 1. The Labute approximate surface area is 183 Å². The van der Waals surface area contributed by atoms with E-state index >= 15 is 0 Å². The maximum absolute atomic E-state index is 11.8. The van der Waals surface area contributed by atoms with Gasteiger partial charge in [0.25, 0.3) is 0 Å². The van der Waals surface area contributed by atoms with Gasteiger partial charge in [-0.1, -0.05) is 35.5 Å². The lowest BCUT2D eigenvalue weighted by Gasteiger charge is -2.08. The smallest absolute Gasteiger partial charge is 0.175 e. The Balaban J connectivity index is 1.83. The van der Waals surface area contributed by atoms with Crippen LogP contribution >= 0.6 is 34.7 Å². The van der Waals surface area contributed by atoms with Crippen molar-refractivity contribution in [3.05, 3.63) is 70.4 Å². The van der Waals surface area contributed by atoms with Crippen LogP contribution in [0.3, 0.4) is 0 Å². The number of thiophene rings is 1. The second-order valence-corrected chi connectivity index (χ2v) is 10.8. The van der Waals surface area contributed by atoms with Gasteiger partial charge in [-0.15, -0.1) is 0 Å². The van der Waals surface area contributed by atoms with E-state index in [2.05, 4.69) is 9.95 Å². The average Bonchev–Trinajstić information content (AvgIpc) is 3.32. The first-order valence-corrected chi connectivity index (χ1v) is 12.7. The van der Waals surface area contributed by atoms with Crippen LogP contribution in [0.1, 0.15) is 0 Å². The number of hydrogen-bond donors (Lipinski definition) is 0. The van der Waals surface area contributed by atoms with Crippen molar-refractivity contribution in [3.63, 3.8) is 0 Å². The third-order valence-electron chi connectivity index (χ3n) is 4.41. The van der Waals surface area contributed by atoms with Gasteiger partial charge in [0.15, 0.2) is 9.84 Å². The molecule has 8 heteroatoms. The SMILES string of the molecule is Cn1c(-c2ccsc2)nc(-c2ccc(S(C)(=O)=O)cc2)c1Sc1ccc(Cl)cc1. The van der Waals surface area contributed by atoms with Crippen molar-refractivity contribution < 1.29 is 8.42 Å². The zero-order valence-electron chi connectivity index (χ0n) is 15.7. The molecule has 4 aromatic rings. The molecule has 2 heterocycles. The molecule has 0 saturated heterocycles. The van der Waals surface area contributed by atoms with Crippen molar-refractivity contribution in [1.82, 2.24) is 9.55 Å². The molecule has 2 aromatic heterocycles. The summed E-state index contributed by atoms with van der Waals surface area (Å²) in [4.78, 5) is 6.24. The molecule has 0 amide bonds. The molecule has 4 nitrogen and oxygen atoms in total. The number of hydrogen-bond acceptors (Lipinski definition) is 5. The van der Waals surface area contributed by atoms with Gasteiger partial charge >= 0.3 is 0 Å². The summed E-state index contributed by atoms with van der Waals surface area (Å²) in [6.07, 6.45) is 1.21. The third-order valence-corrected chi connectivity index (χ3v) is 7.64. The molecule has 0 spiro atoms. The van der Waals surface area contributed by atoms with Crippen LogP contribution in [0.15, 0.2) is 80.2 Å². The molecule has 0 bridgehead atoms. The van der Waals surface area contributed by atoms with E-state index in [1.165, 1.54) is 6.26 Å². The molecule has 0 saturated carbocycles. The predicted octanol–water partition coefficient (Wildman–Crippen LogP) is 6.02. The molecule has 4 rings (SSSR count). The zero-order valence-corrected chi connectivity index (χ0v) is 18.9. The van der Waals surface area contributed by atoms with E-state index in [0.29, 0.717) is 9.92 Å². The Morgan fingerprint density at radius 3 is 2.28 bits per heavy atom. The maximum Gasteiger partial charge on any atom is 0.175 e. The van der Waals surface area contributed by atoms with Crippen molar-refractivity contribution in [2.24, 2.45) is 7.05 Å². The van der Waals surface area contributed by atoms with Crippen molar-refractivity contribution in [1.29, 1.82) is 0 Å². The van der Waals surface area contributed by atoms with Gasteiger partial charge in [-0.2, -0.15) is 11.3 Å². The zero-order chi connectivity index (χ0) is 20.6. The first kappa shape index (κ1) is 20.2. The molecular formula is C21H17ClN2O2S3. The second-order valence-electron chi connectivity index (χ2n) is 6.51. The van der Waals surface area contributed by atoms with Crippen LogP contribution in [0, 0.1) is 0 Å². The summed E-state index contributed by atoms with van der Waals surface area (Å²) in [5, 5.41) is 5.75. The first-order valence-electron chi connectivity index (χ1n) is 8.66. The van der Waals surface area contributed by atoms with Crippen molar-refractivity contribution >= 4 is 44.5 Å². The average molecular weight is 461 g/mol. The molecule has 0 aliphatic heterocycles. The minimum absolute atomic E-state index is 0.294. The van der Waals surface area contributed by atoms with E-state index in [4.69, 9.17) is 16.6 Å². The van der Waals surface area contributed by atoms with Crippen molar-refractivity contribution in [2.45, 2.75) is 14.8 Å². The van der Waals surface area contributed by atoms with Crippen molar-refractivity contribution in [2.75, 3.05) is 6.26 Å². The summed E-state index contributed by atoms with van der Waals surface area (Å²) < 4.78 is 25.7. The Bertz CT molecular complexity index is 1240. The Morgan fingerprint density at radius 2 is 1.69 bits per heavy atom. The van der Waals surface area contributed by atoms with Crippen LogP contribution in [0.5, 0.6) is 0 Å². The van der Waals surface area contributed by atoms with E-state index < -0.39 is 9.84 Å². The van der Waals surface area contributed by atoms with Crippen molar-refractivity contribution in [3.8, 4) is 22.6 Å². The first-order chi connectivity index (χ1) is 13.8. The summed E-state index contributed by atoms with van der Waals surface area (Å²) in [5.74, 6) is 0.866. The lowest BCUT2D eigenvalue weighted by molar-refractivity contribution is 0.602. The van der Waals surface area contributed by atoms with Crippen LogP contribution in [0.2, 0.25) is 5.02 Å². The fraction of sp³-hybridized carbons (Fsp3) is 0.0952. The third kappa shape index (κ3) is 4.28. The quantitative estimate of drug-likeness (QED) is 0.365. The number of aromatic nitrogens is 2. The highest BCUT2D eigenvalue weighted by molar-refractivity contribution is 7.99. The normalized spacial score (nSPS) is 11.7. The Kier molecular flexibility index (Phi) is 5.57. The van der Waals surface area contributed by atoms with E-state index in [9.17, 15) is 8.42 Å². The Morgan fingerprint density at radius 1 is 1.00 bits per heavy atom. The second kappa shape index (κ2) is 7.99. The van der Waals surface area contributed by atoms with E-state index in [1.807, 2.05) is 54.9 Å². The number of sulfone groups is 1. The Hall–Kier alpha value is -2.06. The van der Waals surface area contributed by atoms with E-state index in [0.717, 1.165) is 32.6 Å². The lowest BCUT2D eigenvalue weighted by atomic mass is 10.2. The van der Waals surface area contributed by atoms with E-state index in [1.54, 1.807) is 35.2 Å². The molecule has 0 unspecified atom stereocenters. The minimum atomic E-state index is -3.24. The standard InChI is InChI=1S/C21H17ClN2O2S3/c1-24-20(15-11-12-27-13-15)23-19(14-3-9-18(10-4-14)29(2,25)26)21(24)28-17-7-5-16(22)6-8-17/h3-13H,1-2H3. The highest BCUT2D eigenvalue weighted by Crippen LogP contribution is 2.39. The van der Waals surface area contributed by atoms with Crippen LogP contribution in [-0.2, 0) is 16.9 Å². The summed E-state index contributed by atoms with van der Waals surface area (Å²) in [5.41, 5.74) is 2.73. The highest BCUT2D eigenvalue weighted by atomic mass is 35.5. The molecule has 0 N–H and O–H groups in total. The summed E-state index contributed by atoms with van der Waals surface area (Å²) >= 11 is 9.24. The number of halogens is 1. The molecule has 2 aromatic carbocycles. The predicted molar refractivity (Wildman–Crippen MR) is 121 cm³/mol. The van der Waals surface area contributed by atoms with Gasteiger partial charge in [0.05, 0.1) is 4.90 Å². The fourth-order valence-corrected chi connectivity index (χ4v) is 5.28. The minimum Gasteiger partial charge on any atom is -0.321 e. The van der Waals surface area contributed by atoms with Crippen LogP contribution in [-0.4, -0.2) is 24.2 Å². The molecule has 0 aliphatic rings. The highest BCUT2D eigenvalue weighted by Gasteiger charge is 2.19. The van der Waals surface area contributed by atoms with Crippen LogP contribution < -0.4 is 0 Å². The monoisotopic (exact) mass is 460 g/mol. The molecular weight excluding hydrogens is 444 g/mol. The summed E-state index contributed by atoms with van der Waals surface area (Å²) in [6.45, 7) is 0. The number of rotatable bonds is 5. The lowest BCUT2D eigenvalue weighted by Crippen LogP contribution is -1.96. The van der Waals surface area contributed by atoms with Crippen LogP contribution in [0.25, 0.3) is 22.6 Å². The van der Waals surface area contributed by atoms with Gasteiger partial charge in [0.1, 0.15) is 16.5 Å². The molecule has 0 fully saturated rings. The topological polar surface area (TPSA) is 52.0 Å². The van der Waals surface area contributed by atoms with Gasteiger partial charge in [-0.25, -0.2) is 13.4 Å². The van der Waals surface area contributed by atoms with Crippen LogP contribution in [0.4, 0.5) is 0 Å². The molecule has 0 atom stereocenters. The molecule has 148 valence electrons. The van der Waals surface area contributed by atoms with Gasteiger partial charge in [0.2, 0.25) is 0 Å². The maximum atomic E-state index is 11.8. The van der Waals surface area contributed by atoms with Gasteiger partial charge in [0, 0.05) is 39.7 Å². The van der Waals surface area contributed by atoms with Gasteiger partial charge < -0.3 is 4.57 Å². The summed E-state index contributed by atoms with van der Waals surface area (Å²) in [7, 11) is -1.25. The number of benzene rings is 2. The molecule has 0 aliphatic carbocycles. The van der Waals surface area contributed by atoms with E-state index in [-0.39, 0.29) is 0 Å². The van der Waals surface area contributed by atoms with Gasteiger partial charge in [-0.3, -0.25) is 0 Å². The number of nitrogens with zero attached hydrogens (tertiary/aromatic N) is 2. The van der Waals surface area contributed by atoms with Gasteiger partial charge in [-0.05, 0) is 47.8 Å².